The van der Waals surface area contributed by atoms with E-state index in [1.807, 2.05) is 13.8 Å². The third-order valence-corrected chi connectivity index (χ3v) is 2.48. The first-order chi connectivity index (χ1) is 8.08. The highest BCUT2D eigenvalue weighted by Gasteiger charge is 2.17. The van der Waals surface area contributed by atoms with Gasteiger partial charge in [0.2, 0.25) is 0 Å². The van der Waals surface area contributed by atoms with Crippen LogP contribution in [0, 0.1) is 10.1 Å². The fourth-order valence-electron chi connectivity index (χ4n) is 1.61. The second-order valence-electron chi connectivity index (χ2n) is 3.98. The molecule has 0 fully saturated rings. The normalized spacial score (nSPS) is 12.2. The van der Waals surface area contributed by atoms with Crippen molar-refractivity contribution < 1.29 is 9.66 Å². The van der Waals surface area contributed by atoms with Crippen molar-refractivity contribution in [1.29, 1.82) is 0 Å². The molecule has 2 N–H and O–H groups in total. The van der Waals surface area contributed by atoms with Crippen molar-refractivity contribution in [3.63, 3.8) is 0 Å². The summed E-state index contributed by atoms with van der Waals surface area (Å²) >= 11 is 0. The van der Waals surface area contributed by atoms with Gasteiger partial charge in [-0.15, -0.1) is 0 Å². The third-order valence-electron chi connectivity index (χ3n) is 2.48. The van der Waals surface area contributed by atoms with Gasteiger partial charge in [-0.25, -0.2) is 0 Å². The molecule has 1 rings (SSSR count). The highest BCUT2D eigenvalue weighted by atomic mass is 16.6. The lowest BCUT2D eigenvalue weighted by Crippen LogP contribution is -2.12. The zero-order valence-electron chi connectivity index (χ0n) is 10.2. The summed E-state index contributed by atoms with van der Waals surface area (Å²) in [6.45, 7) is 4.24. The molecular weight excluding hydrogens is 220 g/mol. The van der Waals surface area contributed by atoms with Crippen LogP contribution in [0.25, 0.3) is 0 Å². The SMILES string of the molecule is CCCC(C)Oc1ccc(CN)cc1[N+](=O)[O-]. The van der Waals surface area contributed by atoms with Gasteiger partial charge in [0.25, 0.3) is 0 Å². The first-order valence-corrected chi connectivity index (χ1v) is 5.72. The van der Waals surface area contributed by atoms with E-state index in [0.29, 0.717) is 5.75 Å². The fourth-order valence-corrected chi connectivity index (χ4v) is 1.61. The van der Waals surface area contributed by atoms with Gasteiger partial charge < -0.3 is 10.5 Å². The van der Waals surface area contributed by atoms with E-state index in [-0.39, 0.29) is 18.3 Å². The molecule has 0 saturated heterocycles. The molecule has 0 bridgehead atoms. The van der Waals surface area contributed by atoms with E-state index in [2.05, 4.69) is 0 Å². The molecule has 0 saturated carbocycles. The molecule has 0 aliphatic rings. The molecule has 17 heavy (non-hydrogen) atoms. The van der Waals surface area contributed by atoms with Gasteiger partial charge in [-0.1, -0.05) is 19.4 Å². The topological polar surface area (TPSA) is 78.4 Å². The summed E-state index contributed by atoms with van der Waals surface area (Å²) in [4.78, 5) is 10.5. The zero-order chi connectivity index (χ0) is 12.8. The van der Waals surface area contributed by atoms with Crippen molar-refractivity contribution in [2.24, 2.45) is 5.73 Å². The largest absolute Gasteiger partial charge is 0.484 e. The van der Waals surface area contributed by atoms with Crippen molar-refractivity contribution in [2.75, 3.05) is 0 Å². The van der Waals surface area contributed by atoms with Crippen LogP contribution in [-0.4, -0.2) is 11.0 Å². The van der Waals surface area contributed by atoms with Crippen LogP contribution in [0.3, 0.4) is 0 Å². The lowest BCUT2D eigenvalue weighted by molar-refractivity contribution is -0.386. The van der Waals surface area contributed by atoms with Crippen LogP contribution in [0.2, 0.25) is 0 Å². The highest BCUT2D eigenvalue weighted by molar-refractivity contribution is 5.48. The minimum atomic E-state index is -0.437. The van der Waals surface area contributed by atoms with Crippen LogP contribution in [0.15, 0.2) is 18.2 Å². The minimum absolute atomic E-state index is 0.0177. The standard InChI is InChI=1S/C12H18N2O3/c1-3-4-9(2)17-12-6-5-10(8-13)7-11(12)14(15)16/h5-7,9H,3-4,8,13H2,1-2H3. The Bertz CT molecular complexity index is 393. The van der Waals surface area contributed by atoms with Crippen LogP contribution < -0.4 is 10.5 Å². The summed E-state index contributed by atoms with van der Waals surface area (Å²) in [6.07, 6.45) is 1.83. The Kier molecular flexibility index (Phi) is 4.90. The van der Waals surface area contributed by atoms with E-state index in [4.69, 9.17) is 10.5 Å². The van der Waals surface area contributed by atoms with Crippen LogP contribution in [-0.2, 0) is 6.54 Å². The summed E-state index contributed by atoms with van der Waals surface area (Å²) in [5.74, 6) is 0.313. The summed E-state index contributed by atoms with van der Waals surface area (Å²) in [6, 6.07) is 4.83. The molecule has 1 atom stereocenters. The molecule has 5 nitrogen and oxygen atoms in total. The van der Waals surface area contributed by atoms with Crippen molar-refractivity contribution in [1.82, 2.24) is 0 Å². The summed E-state index contributed by atoms with van der Waals surface area (Å²) < 4.78 is 5.56. The Morgan fingerprint density at radius 2 is 2.24 bits per heavy atom. The Hall–Kier alpha value is -1.62. The minimum Gasteiger partial charge on any atom is -0.484 e. The van der Waals surface area contributed by atoms with Gasteiger partial charge in [0.1, 0.15) is 0 Å². The average molecular weight is 238 g/mol. The second-order valence-corrected chi connectivity index (χ2v) is 3.98. The van der Waals surface area contributed by atoms with E-state index < -0.39 is 4.92 Å². The van der Waals surface area contributed by atoms with Crippen molar-refractivity contribution in [3.8, 4) is 5.75 Å². The number of hydrogen-bond acceptors (Lipinski definition) is 4. The number of nitro groups is 1. The molecule has 5 heteroatoms. The predicted octanol–water partition coefficient (Wildman–Crippen LogP) is 2.62. The maximum Gasteiger partial charge on any atom is 0.311 e. The molecule has 1 aromatic rings. The Morgan fingerprint density at radius 1 is 1.53 bits per heavy atom. The third kappa shape index (κ3) is 3.71. The molecule has 94 valence electrons. The molecule has 0 radical (unpaired) electrons. The zero-order valence-corrected chi connectivity index (χ0v) is 10.2. The quantitative estimate of drug-likeness (QED) is 0.610. The Balaban J connectivity index is 2.94. The van der Waals surface area contributed by atoms with E-state index in [1.54, 1.807) is 12.1 Å². The van der Waals surface area contributed by atoms with E-state index in [0.717, 1.165) is 18.4 Å². The van der Waals surface area contributed by atoms with Gasteiger partial charge in [-0.3, -0.25) is 10.1 Å². The number of nitro benzene ring substituents is 1. The number of nitrogens with zero attached hydrogens (tertiary/aromatic N) is 1. The van der Waals surface area contributed by atoms with Gasteiger partial charge in [0.05, 0.1) is 11.0 Å². The van der Waals surface area contributed by atoms with E-state index in [9.17, 15) is 10.1 Å². The fraction of sp³-hybridized carbons (Fsp3) is 0.500. The maximum absolute atomic E-state index is 10.9. The Morgan fingerprint density at radius 3 is 2.76 bits per heavy atom. The van der Waals surface area contributed by atoms with Gasteiger partial charge in [0.15, 0.2) is 5.75 Å². The lowest BCUT2D eigenvalue weighted by Gasteiger charge is -2.14. The molecule has 0 aliphatic carbocycles. The molecule has 0 heterocycles. The van der Waals surface area contributed by atoms with Gasteiger partial charge in [-0.05, 0) is 25.0 Å². The first-order valence-electron chi connectivity index (χ1n) is 5.72. The number of nitrogens with two attached hydrogens (primary N) is 1. The number of hydrogen-bond donors (Lipinski definition) is 1. The van der Waals surface area contributed by atoms with Crippen molar-refractivity contribution in [3.05, 3.63) is 33.9 Å². The highest BCUT2D eigenvalue weighted by Crippen LogP contribution is 2.29. The lowest BCUT2D eigenvalue weighted by atomic mass is 10.2. The molecule has 0 aromatic heterocycles. The van der Waals surface area contributed by atoms with Crippen LogP contribution in [0.5, 0.6) is 5.75 Å². The van der Waals surface area contributed by atoms with Gasteiger partial charge in [0, 0.05) is 12.6 Å². The van der Waals surface area contributed by atoms with Crippen LogP contribution in [0.4, 0.5) is 5.69 Å². The molecule has 1 aromatic carbocycles. The first kappa shape index (κ1) is 13.4. The summed E-state index contributed by atoms with van der Waals surface area (Å²) in [5, 5.41) is 10.9. The van der Waals surface area contributed by atoms with Gasteiger partial charge >= 0.3 is 5.69 Å². The average Bonchev–Trinajstić information content (AvgIpc) is 2.29. The van der Waals surface area contributed by atoms with Crippen molar-refractivity contribution >= 4 is 5.69 Å². The molecule has 0 spiro atoms. The van der Waals surface area contributed by atoms with E-state index in [1.165, 1.54) is 6.07 Å². The predicted molar refractivity (Wildman–Crippen MR) is 66.0 cm³/mol. The summed E-state index contributed by atoms with van der Waals surface area (Å²) in [7, 11) is 0. The second kappa shape index (κ2) is 6.20. The molecule has 0 aliphatic heterocycles. The maximum atomic E-state index is 10.9. The number of benzene rings is 1. The van der Waals surface area contributed by atoms with Crippen LogP contribution in [0.1, 0.15) is 32.3 Å². The smallest absolute Gasteiger partial charge is 0.311 e. The molecule has 0 amide bonds. The number of ether oxygens (including phenoxy) is 1. The Labute approximate surface area is 101 Å². The van der Waals surface area contributed by atoms with Crippen LogP contribution >= 0.6 is 0 Å². The molecular formula is C12H18N2O3. The van der Waals surface area contributed by atoms with Gasteiger partial charge in [-0.2, -0.15) is 0 Å². The molecule has 1 unspecified atom stereocenters. The van der Waals surface area contributed by atoms with Crippen molar-refractivity contribution in [2.45, 2.75) is 39.3 Å². The number of rotatable bonds is 6. The monoisotopic (exact) mass is 238 g/mol. The van der Waals surface area contributed by atoms with E-state index >= 15 is 0 Å². The summed E-state index contributed by atoms with van der Waals surface area (Å²) in [5.41, 5.74) is 6.17.